The van der Waals surface area contributed by atoms with Crippen LogP contribution >= 0.6 is 0 Å². The lowest BCUT2D eigenvalue weighted by Crippen LogP contribution is -2.35. The maximum atomic E-state index is 10.1. The van der Waals surface area contributed by atoms with Gasteiger partial charge in [0.1, 0.15) is 11.9 Å². The first-order chi connectivity index (χ1) is 14.2. The number of rotatable bonds is 2. The number of imidazole rings is 1. The Bertz CT molecular complexity index is 1170. The van der Waals surface area contributed by atoms with E-state index in [4.69, 9.17) is 9.72 Å². The molecule has 5 rings (SSSR count). The second-order valence-corrected chi connectivity index (χ2v) is 8.06. The number of fused-ring (bicyclic) bond motifs is 3. The number of hydrogen-bond donors (Lipinski definition) is 0. The Morgan fingerprint density at radius 2 is 1.93 bits per heavy atom. The molecule has 2 aromatic heterocycles. The van der Waals surface area contributed by atoms with Crippen LogP contribution in [0, 0.1) is 35.5 Å². The molecule has 6 nitrogen and oxygen atoms in total. The summed E-state index contributed by atoms with van der Waals surface area (Å²) < 4.78 is 7.83. The van der Waals surface area contributed by atoms with Crippen LogP contribution in [0.2, 0.25) is 0 Å². The van der Waals surface area contributed by atoms with Crippen molar-refractivity contribution in [3.8, 4) is 12.1 Å². The Balaban J connectivity index is 1.81. The number of para-hydroxylation sites is 2. The molecule has 6 heteroatoms. The van der Waals surface area contributed by atoms with E-state index in [-0.39, 0.29) is 11.8 Å². The summed E-state index contributed by atoms with van der Waals surface area (Å²) in [5.41, 5.74) is 5.56. The molecule has 2 aliphatic rings. The van der Waals surface area contributed by atoms with E-state index >= 15 is 0 Å². The van der Waals surface area contributed by atoms with E-state index in [0.717, 1.165) is 72.6 Å². The van der Waals surface area contributed by atoms with Gasteiger partial charge >= 0.3 is 0 Å². The first kappa shape index (κ1) is 18.0. The van der Waals surface area contributed by atoms with Gasteiger partial charge in [-0.2, -0.15) is 10.5 Å². The van der Waals surface area contributed by atoms with Gasteiger partial charge in [0, 0.05) is 31.5 Å². The van der Waals surface area contributed by atoms with Crippen LogP contribution in [-0.4, -0.2) is 35.7 Å². The van der Waals surface area contributed by atoms with Gasteiger partial charge in [0.15, 0.2) is 5.65 Å². The molecule has 0 saturated carbocycles. The third kappa shape index (κ3) is 2.75. The van der Waals surface area contributed by atoms with E-state index in [2.05, 4.69) is 34.4 Å². The number of pyridine rings is 1. The summed E-state index contributed by atoms with van der Waals surface area (Å²) in [6.07, 6.45) is 2.67. The van der Waals surface area contributed by atoms with Gasteiger partial charge in [-0.25, -0.2) is 4.98 Å². The molecule has 29 heavy (non-hydrogen) atoms. The number of benzene rings is 1. The summed E-state index contributed by atoms with van der Waals surface area (Å²) in [6.45, 7) is 5.20. The molecular formula is C23H23N5O. The maximum absolute atomic E-state index is 10.1. The average molecular weight is 385 g/mol. The summed E-state index contributed by atoms with van der Waals surface area (Å²) in [5.74, 6) is 1.47. The van der Waals surface area contributed by atoms with Crippen LogP contribution in [0.3, 0.4) is 0 Å². The quantitative estimate of drug-likeness (QED) is 0.668. The van der Waals surface area contributed by atoms with E-state index in [1.54, 1.807) is 0 Å². The van der Waals surface area contributed by atoms with Crippen molar-refractivity contribution in [1.82, 2.24) is 9.38 Å². The molecule has 1 atom stereocenters. The summed E-state index contributed by atoms with van der Waals surface area (Å²) in [6, 6.07) is 13.0. The second-order valence-electron chi connectivity index (χ2n) is 8.06. The fourth-order valence-electron chi connectivity index (χ4n) is 4.99. The zero-order valence-electron chi connectivity index (χ0n) is 16.6. The van der Waals surface area contributed by atoms with Gasteiger partial charge in [0.25, 0.3) is 0 Å². The molecule has 0 aliphatic carbocycles. The van der Waals surface area contributed by atoms with Crippen LogP contribution in [0.4, 0.5) is 5.82 Å². The van der Waals surface area contributed by atoms with Gasteiger partial charge in [-0.15, -0.1) is 0 Å². The Kier molecular flexibility index (Phi) is 4.38. The molecule has 0 radical (unpaired) electrons. The van der Waals surface area contributed by atoms with E-state index < -0.39 is 0 Å². The number of ether oxygens (including phenoxy) is 1. The number of nitriles is 2. The van der Waals surface area contributed by atoms with Crippen LogP contribution < -0.4 is 4.90 Å². The number of anilines is 1. The minimum atomic E-state index is 0.127. The Hall–Kier alpha value is -3.09. The van der Waals surface area contributed by atoms with Gasteiger partial charge < -0.3 is 9.64 Å². The minimum Gasteiger partial charge on any atom is -0.381 e. The van der Waals surface area contributed by atoms with Crippen molar-refractivity contribution in [2.24, 2.45) is 5.92 Å². The van der Waals surface area contributed by atoms with Crippen LogP contribution in [-0.2, 0) is 4.74 Å². The zero-order valence-corrected chi connectivity index (χ0v) is 16.6. The van der Waals surface area contributed by atoms with Crippen molar-refractivity contribution in [3.63, 3.8) is 0 Å². The van der Waals surface area contributed by atoms with Crippen LogP contribution in [0.15, 0.2) is 24.3 Å². The summed E-state index contributed by atoms with van der Waals surface area (Å²) >= 11 is 0. The SMILES string of the molecule is Cc1c(C2CCOC2)c(C#N)c2nc3ccccc3n2c1N1CCC(C#N)CC1. The van der Waals surface area contributed by atoms with Gasteiger partial charge in [0.05, 0.1) is 29.3 Å². The van der Waals surface area contributed by atoms with Gasteiger partial charge in [-0.1, -0.05) is 12.1 Å². The molecule has 2 aliphatic heterocycles. The van der Waals surface area contributed by atoms with Crippen molar-refractivity contribution in [2.75, 3.05) is 31.2 Å². The Morgan fingerprint density at radius 3 is 2.62 bits per heavy atom. The lowest BCUT2D eigenvalue weighted by Gasteiger charge is -2.34. The first-order valence-electron chi connectivity index (χ1n) is 10.3. The van der Waals surface area contributed by atoms with Crippen LogP contribution in [0.25, 0.3) is 16.7 Å². The molecule has 146 valence electrons. The molecule has 2 saturated heterocycles. The Labute approximate surface area is 169 Å². The molecule has 1 unspecified atom stereocenters. The number of hydrogen-bond acceptors (Lipinski definition) is 5. The first-order valence-corrected chi connectivity index (χ1v) is 10.3. The van der Waals surface area contributed by atoms with E-state index in [9.17, 15) is 10.5 Å². The van der Waals surface area contributed by atoms with E-state index in [1.807, 2.05) is 18.2 Å². The molecule has 0 amide bonds. The van der Waals surface area contributed by atoms with Crippen molar-refractivity contribution in [3.05, 3.63) is 41.0 Å². The monoisotopic (exact) mass is 385 g/mol. The zero-order chi connectivity index (χ0) is 20.0. The van der Waals surface area contributed by atoms with Crippen molar-refractivity contribution in [2.45, 2.75) is 32.1 Å². The smallest absolute Gasteiger partial charge is 0.157 e. The predicted octanol–water partition coefficient (Wildman–Crippen LogP) is 3.91. The normalized spacial score (nSPS) is 20.2. The average Bonchev–Trinajstić information content (AvgIpc) is 3.41. The molecule has 0 spiro atoms. The van der Waals surface area contributed by atoms with Crippen molar-refractivity contribution < 1.29 is 4.74 Å². The Morgan fingerprint density at radius 1 is 1.14 bits per heavy atom. The fourth-order valence-corrected chi connectivity index (χ4v) is 4.99. The second kappa shape index (κ2) is 7.06. The molecular weight excluding hydrogens is 362 g/mol. The largest absolute Gasteiger partial charge is 0.381 e. The number of piperidine rings is 1. The van der Waals surface area contributed by atoms with Gasteiger partial charge in [0.2, 0.25) is 0 Å². The summed E-state index contributed by atoms with van der Waals surface area (Å²) in [4.78, 5) is 7.25. The van der Waals surface area contributed by atoms with Crippen molar-refractivity contribution >= 4 is 22.5 Å². The molecule has 0 bridgehead atoms. The lowest BCUT2D eigenvalue weighted by atomic mass is 9.90. The molecule has 3 aromatic rings. The molecule has 4 heterocycles. The topological polar surface area (TPSA) is 77.3 Å². The molecule has 1 aromatic carbocycles. The van der Waals surface area contributed by atoms with Gasteiger partial charge in [-0.3, -0.25) is 4.40 Å². The third-order valence-corrected chi connectivity index (χ3v) is 6.43. The van der Waals surface area contributed by atoms with E-state index in [0.29, 0.717) is 12.2 Å². The highest BCUT2D eigenvalue weighted by Gasteiger charge is 2.31. The summed E-state index contributed by atoms with van der Waals surface area (Å²) in [7, 11) is 0. The highest BCUT2D eigenvalue weighted by atomic mass is 16.5. The van der Waals surface area contributed by atoms with Crippen molar-refractivity contribution in [1.29, 1.82) is 10.5 Å². The molecule has 2 fully saturated rings. The minimum absolute atomic E-state index is 0.127. The molecule has 0 N–H and O–H groups in total. The standard InChI is InChI=1S/C23H23N5O/c1-15-21(17-8-11-29-14-17)18(13-25)22-26-19-4-2-3-5-20(19)28(22)23(15)27-9-6-16(12-24)7-10-27/h2-5,16-17H,6-11,14H2,1H3. The summed E-state index contributed by atoms with van der Waals surface area (Å²) in [5, 5.41) is 19.4. The van der Waals surface area contributed by atoms with Gasteiger partial charge in [-0.05, 0) is 49.4 Å². The maximum Gasteiger partial charge on any atom is 0.157 e. The highest BCUT2D eigenvalue weighted by Crippen LogP contribution is 2.40. The number of aromatic nitrogens is 2. The lowest BCUT2D eigenvalue weighted by molar-refractivity contribution is 0.194. The third-order valence-electron chi connectivity index (χ3n) is 6.43. The number of nitrogens with zero attached hydrogens (tertiary/aromatic N) is 5. The van der Waals surface area contributed by atoms with Crippen LogP contribution in [0.1, 0.15) is 41.9 Å². The predicted molar refractivity (Wildman–Crippen MR) is 111 cm³/mol. The fraction of sp³-hybridized carbons (Fsp3) is 0.435. The highest BCUT2D eigenvalue weighted by molar-refractivity contribution is 5.86. The van der Waals surface area contributed by atoms with E-state index in [1.165, 1.54) is 0 Å². The van der Waals surface area contributed by atoms with Crippen LogP contribution in [0.5, 0.6) is 0 Å².